The van der Waals surface area contributed by atoms with E-state index in [9.17, 15) is 19.2 Å². The van der Waals surface area contributed by atoms with Gasteiger partial charge in [-0.1, -0.05) is 6.07 Å². The fourth-order valence-electron chi connectivity index (χ4n) is 1.70. The molecule has 0 aliphatic rings. The van der Waals surface area contributed by atoms with Crippen molar-refractivity contribution in [1.29, 1.82) is 0 Å². The molecule has 1 rings (SSSR count). The van der Waals surface area contributed by atoms with Crippen molar-refractivity contribution >= 4 is 23.8 Å². The fourth-order valence-corrected chi connectivity index (χ4v) is 1.70. The number of methoxy groups -OCH3 is 2. The van der Waals surface area contributed by atoms with Crippen LogP contribution < -0.4 is 10.6 Å². The lowest BCUT2D eigenvalue weighted by atomic mass is 10.2. The molecule has 2 atom stereocenters. The van der Waals surface area contributed by atoms with Gasteiger partial charge in [0.05, 0.1) is 14.2 Å². The highest BCUT2D eigenvalue weighted by atomic mass is 16.5. The molecule has 9 heteroatoms. The first-order valence-corrected chi connectivity index (χ1v) is 7.04. The topological polar surface area (TPSA) is 124 Å². The van der Waals surface area contributed by atoms with Gasteiger partial charge < -0.3 is 20.1 Å². The number of carbonyl (C=O) groups is 4. The van der Waals surface area contributed by atoms with Gasteiger partial charge in [0.1, 0.15) is 23.5 Å². The summed E-state index contributed by atoms with van der Waals surface area (Å²) in [6.07, 6.45) is 0. The number of hydrogen-bond donors (Lipinski definition) is 2. The molecule has 2 N–H and O–H groups in total. The minimum atomic E-state index is -0.860. The van der Waals surface area contributed by atoms with Crippen LogP contribution in [0.15, 0.2) is 18.2 Å². The monoisotopic (exact) mass is 337 g/mol. The van der Waals surface area contributed by atoms with Crippen molar-refractivity contribution in [3.8, 4) is 0 Å². The highest BCUT2D eigenvalue weighted by Crippen LogP contribution is 2.02. The Hall–Kier alpha value is -2.97. The first-order valence-electron chi connectivity index (χ1n) is 7.04. The van der Waals surface area contributed by atoms with Crippen LogP contribution in [-0.4, -0.2) is 55.0 Å². The number of aromatic nitrogens is 1. The number of hydrogen-bond acceptors (Lipinski definition) is 7. The second-order valence-electron chi connectivity index (χ2n) is 4.84. The zero-order valence-electron chi connectivity index (χ0n) is 13.8. The van der Waals surface area contributed by atoms with E-state index in [-0.39, 0.29) is 11.4 Å². The molecule has 0 aliphatic heterocycles. The van der Waals surface area contributed by atoms with Crippen LogP contribution in [-0.2, 0) is 19.1 Å². The quantitative estimate of drug-likeness (QED) is 0.681. The molecular formula is C15H19N3O6. The number of carbonyl (C=O) groups excluding carboxylic acids is 4. The van der Waals surface area contributed by atoms with Crippen LogP contribution in [0.2, 0.25) is 0 Å². The lowest BCUT2D eigenvalue weighted by molar-refractivity contribution is -0.143. The van der Waals surface area contributed by atoms with Crippen molar-refractivity contribution in [3.63, 3.8) is 0 Å². The summed E-state index contributed by atoms with van der Waals surface area (Å²) in [6, 6.07) is 2.52. The molecule has 0 aromatic carbocycles. The van der Waals surface area contributed by atoms with Crippen LogP contribution in [0.5, 0.6) is 0 Å². The molecule has 0 bridgehead atoms. The number of pyridine rings is 1. The van der Waals surface area contributed by atoms with Gasteiger partial charge in [-0.2, -0.15) is 0 Å². The minimum absolute atomic E-state index is 0.0517. The van der Waals surface area contributed by atoms with Crippen LogP contribution in [0.1, 0.15) is 34.8 Å². The third-order valence-electron chi connectivity index (χ3n) is 3.02. The second kappa shape index (κ2) is 8.61. The number of ether oxygens (including phenoxy) is 2. The predicted octanol–water partition coefficient (Wildman–Crippen LogP) is -0.336. The lowest BCUT2D eigenvalue weighted by Gasteiger charge is -2.13. The Labute approximate surface area is 138 Å². The summed E-state index contributed by atoms with van der Waals surface area (Å²) in [5.41, 5.74) is -0.103. The Balaban J connectivity index is 2.82. The van der Waals surface area contributed by atoms with Gasteiger partial charge in [-0.25, -0.2) is 14.6 Å². The largest absolute Gasteiger partial charge is 0.467 e. The molecule has 0 spiro atoms. The summed E-state index contributed by atoms with van der Waals surface area (Å²) in [4.78, 5) is 50.6. The van der Waals surface area contributed by atoms with Crippen molar-refractivity contribution in [3.05, 3.63) is 29.6 Å². The highest BCUT2D eigenvalue weighted by Gasteiger charge is 2.20. The third-order valence-corrected chi connectivity index (χ3v) is 3.02. The van der Waals surface area contributed by atoms with Crippen LogP contribution in [0.4, 0.5) is 0 Å². The van der Waals surface area contributed by atoms with Crippen LogP contribution in [0, 0.1) is 0 Å². The molecule has 0 radical (unpaired) electrons. The van der Waals surface area contributed by atoms with E-state index in [4.69, 9.17) is 0 Å². The summed E-state index contributed by atoms with van der Waals surface area (Å²) in [5.74, 6) is -2.49. The average Bonchev–Trinajstić information content (AvgIpc) is 2.59. The Morgan fingerprint density at radius 2 is 1.25 bits per heavy atom. The molecule has 0 aliphatic carbocycles. The summed E-state index contributed by atoms with van der Waals surface area (Å²) < 4.78 is 9.01. The molecule has 130 valence electrons. The van der Waals surface area contributed by atoms with Gasteiger partial charge in [-0.3, -0.25) is 9.59 Å². The smallest absolute Gasteiger partial charge is 0.328 e. The molecule has 1 aromatic rings. The number of rotatable bonds is 6. The molecular weight excluding hydrogens is 318 g/mol. The average molecular weight is 337 g/mol. The van der Waals surface area contributed by atoms with Gasteiger partial charge in [0.25, 0.3) is 11.8 Å². The lowest BCUT2D eigenvalue weighted by Crippen LogP contribution is -2.41. The van der Waals surface area contributed by atoms with Crippen LogP contribution in [0.25, 0.3) is 0 Å². The van der Waals surface area contributed by atoms with E-state index in [1.807, 2.05) is 0 Å². The van der Waals surface area contributed by atoms with E-state index >= 15 is 0 Å². The maximum Gasteiger partial charge on any atom is 0.328 e. The van der Waals surface area contributed by atoms with Crippen molar-refractivity contribution in [2.45, 2.75) is 25.9 Å². The van der Waals surface area contributed by atoms with Gasteiger partial charge in [0, 0.05) is 0 Å². The van der Waals surface area contributed by atoms with Gasteiger partial charge in [0.15, 0.2) is 0 Å². The Bertz CT molecular complexity index is 595. The predicted molar refractivity (Wildman–Crippen MR) is 82.1 cm³/mol. The Kier molecular flexibility index (Phi) is 6.84. The molecule has 1 aromatic heterocycles. The standard InChI is InChI=1S/C15H19N3O6/c1-8(14(21)23-3)16-12(19)10-6-5-7-11(18-10)13(20)17-9(2)15(22)24-4/h5-9H,1-4H3,(H,16,19)(H,17,20)/t8-,9-/m0/s1. The Morgan fingerprint density at radius 1 is 0.875 bits per heavy atom. The normalized spacial score (nSPS) is 12.5. The second-order valence-corrected chi connectivity index (χ2v) is 4.84. The first kappa shape index (κ1) is 19.1. The summed E-state index contributed by atoms with van der Waals surface area (Å²) in [6.45, 7) is 2.91. The maximum atomic E-state index is 12.0. The zero-order chi connectivity index (χ0) is 18.3. The third kappa shape index (κ3) is 5.04. The van der Waals surface area contributed by atoms with Crippen LogP contribution >= 0.6 is 0 Å². The molecule has 2 amide bonds. The van der Waals surface area contributed by atoms with E-state index in [0.717, 1.165) is 0 Å². The summed E-state index contributed by atoms with van der Waals surface area (Å²) >= 11 is 0. The van der Waals surface area contributed by atoms with E-state index in [1.54, 1.807) is 0 Å². The minimum Gasteiger partial charge on any atom is -0.467 e. The zero-order valence-corrected chi connectivity index (χ0v) is 13.8. The van der Waals surface area contributed by atoms with E-state index < -0.39 is 35.8 Å². The maximum absolute atomic E-state index is 12.0. The van der Waals surface area contributed by atoms with E-state index in [2.05, 4.69) is 25.1 Å². The van der Waals surface area contributed by atoms with E-state index in [0.29, 0.717) is 0 Å². The molecule has 0 fully saturated rings. The van der Waals surface area contributed by atoms with Gasteiger partial charge in [0.2, 0.25) is 0 Å². The molecule has 24 heavy (non-hydrogen) atoms. The van der Waals surface area contributed by atoms with Crippen molar-refractivity contribution in [2.24, 2.45) is 0 Å². The van der Waals surface area contributed by atoms with Crippen LogP contribution in [0.3, 0.4) is 0 Å². The molecule has 0 saturated carbocycles. The first-order chi connectivity index (χ1) is 11.3. The number of nitrogens with one attached hydrogen (secondary N) is 2. The van der Waals surface area contributed by atoms with Crippen molar-refractivity contribution < 1.29 is 28.7 Å². The number of esters is 2. The SMILES string of the molecule is COC(=O)[C@H](C)NC(=O)c1cccc(C(=O)N[C@@H](C)C(=O)OC)n1. The van der Waals surface area contributed by atoms with Crippen molar-refractivity contribution in [1.82, 2.24) is 15.6 Å². The van der Waals surface area contributed by atoms with E-state index in [1.165, 1.54) is 46.3 Å². The molecule has 9 nitrogen and oxygen atoms in total. The number of nitrogens with zero attached hydrogens (tertiary/aromatic N) is 1. The van der Waals surface area contributed by atoms with Crippen molar-refractivity contribution in [2.75, 3.05) is 14.2 Å². The summed E-state index contributed by atoms with van der Waals surface area (Å²) in [7, 11) is 2.41. The molecule has 0 unspecified atom stereocenters. The van der Waals surface area contributed by atoms with Gasteiger partial charge >= 0.3 is 11.9 Å². The van der Waals surface area contributed by atoms with Gasteiger partial charge in [-0.15, -0.1) is 0 Å². The number of amides is 2. The highest BCUT2D eigenvalue weighted by molar-refractivity contribution is 5.98. The van der Waals surface area contributed by atoms with Gasteiger partial charge in [-0.05, 0) is 26.0 Å². The molecule has 0 saturated heterocycles. The fraction of sp³-hybridized carbons (Fsp3) is 0.400. The summed E-state index contributed by atoms with van der Waals surface area (Å²) in [5, 5.41) is 4.80. The Morgan fingerprint density at radius 3 is 1.58 bits per heavy atom. The molecule has 1 heterocycles.